The first kappa shape index (κ1) is 10.6. The zero-order chi connectivity index (χ0) is 11.1. The quantitative estimate of drug-likeness (QED) is 0.685. The summed E-state index contributed by atoms with van der Waals surface area (Å²) in [6.07, 6.45) is 6.25. The molecule has 4 unspecified atom stereocenters. The van der Waals surface area contributed by atoms with Crippen molar-refractivity contribution < 1.29 is 4.79 Å². The Morgan fingerprint density at radius 3 is 2.50 bits per heavy atom. The maximum atomic E-state index is 12.0. The lowest BCUT2D eigenvalue weighted by Gasteiger charge is -2.09. The fourth-order valence-electron chi connectivity index (χ4n) is 4.27. The molecule has 3 nitrogen and oxygen atoms in total. The van der Waals surface area contributed by atoms with Gasteiger partial charge in [-0.25, -0.2) is 0 Å². The van der Waals surface area contributed by atoms with Crippen molar-refractivity contribution in [3.05, 3.63) is 0 Å². The van der Waals surface area contributed by atoms with Gasteiger partial charge < -0.3 is 11.1 Å². The number of nitrogens with two attached hydrogens (primary N) is 1. The molecule has 0 aromatic heterocycles. The third-order valence-electron chi connectivity index (χ3n) is 4.97. The van der Waals surface area contributed by atoms with Gasteiger partial charge in [0, 0.05) is 12.5 Å². The molecule has 0 aromatic carbocycles. The minimum Gasteiger partial charge on any atom is -0.356 e. The molecule has 0 heterocycles. The van der Waals surface area contributed by atoms with Gasteiger partial charge in [-0.05, 0) is 62.3 Å². The van der Waals surface area contributed by atoms with Crippen molar-refractivity contribution in [3.8, 4) is 0 Å². The van der Waals surface area contributed by atoms with Crippen LogP contribution in [0.15, 0.2) is 0 Å². The Morgan fingerprint density at radius 1 is 1.19 bits per heavy atom. The summed E-state index contributed by atoms with van der Waals surface area (Å²) in [5, 5.41) is 3.08. The lowest BCUT2D eigenvalue weighted by molar-refractivity contribution is -0.123. The first-order valence-electron chi connectivity index (χ1n) is 6.80. The summed E-state index contributed by atoms with van der Waals surface area (Å²) in [6.45, 7) is 1.55. The summed E-state index contributed by atoms with van der Waals surface area (Å²) < 4.78 is 0. The molecule has 0 aliphatic heterocycles. The molecule has 1 amide bonds. The van der Waals surface area contributed by atoms with E-state index >= 15 is 0 Å². The Hall–Kier alpha value is -0.570. The molecule has 2 bridgehead atoms. The van der Waals surface area contributed by atoms with Crippen LogP contribution in [0.4, 0.5) is 0 Å². The fraction of sp³-hybridized carbons (Fsp3) is 0.923. The summed E-state index contributed by atoms with van der Waals surface area (Å²) >= 11 is 0. The molecule has 0 saturated heterocycles. The molecule has 0 aromatic rings. The number of amides is 1. The number of carbonyl (C=O) groups excluding carboxylic acids is 1. The highest BCUT2D eigenvalue weighted by atomic mass is 16.2. The van der Waals surface area contributed by atoms with Crippen LogP contribution < -0.4 is 11.1 Å². The second-order valence-electron chi connectivity index (χ2n) is 5.80. The minimum atomic E-state index is 0.337. The van der Waals surface area contributed by atoms with Gasteiger partial charge in [0.05, 0.1) is 0 Å². The van der Waals surface area contributed by atoms with Crippen molar-refractivity contribution in [1.82, 2.24) is 5.32 Å². The molecule has 3 aliphatic carbocycles. The lowest BCUT2D eigenvalue weighted by atomic mass is 10.0. The Balaban J connectivity index is 1.44. The van der Waals surface area contributed by atoms with E-state index in [1.807, 2.05) is 0 Å². The summed E-state index contributed by atoms with van der Waals surface area (Å²) in [4.78, 5) is 12.0. The summed E-state index contributed by atoms with van der Waals surface area (Å²) in [6, 6.07) is 0. The van der Waals surface area contributed by atoms with E-state index < -0.39 is 0 Å². The second kappa shape index (κ2) is 4.02. The van der Waals surface area contributed by atoms with Gasteiger partial charge in [-0.15, -0.1) is 0 Å². The van der Waals surface area contributed by atoms with Crippen molar-refractivity contribution in [2.24, 2.45) is 35.3 Å². The van der Waals surface area contributed by atoms with Crippen molar-refractivity contribution in [3.63, 3.8) is 0 Å². The van der Waals surface area contributed by atoms with Crippen LogP contribution >= 0.6 is 0 Å². The number of rotatable bonds is 5. The van der Waals surface area contributed by atoms with Crippen LogP contribution in [0.25, 0.3) is 0 Å². The number of fused-ring (bicyclic) bond motifs is 5. The number of nitrogens with one attached hydrogen (secondary N) is 1. The first-order valence-corrected chi connectivity index (χ1v) is 6.80. The smallest absolute Gasteiger partial charge is 0.223 e. The standard InChI is InChI=1S/C13H22N2O/c14-5-1-2-6-15-13(16)12-10-8-3-4-9(7-8)11(10)12/h8-12H,1-7,14H2,(H,15,16). The predicted octanol–water partition coefficient (Wildman–Crippen LogP) is 1.13. The van der Waals surface area contributed by atoms with Crippen LogP contribution in [-0.2, 0) is 4.79 Å². The van der Waals surface area contributed by atoms with E-state index in [1.165, 1.54) is 19.3 Å². The molecule has 90 valence electrons. The Morgan fingerprint density at radius 2 is 1.88 bits per heavy atom. The average molecular weight is 222 g/mol. The zero-order valence-corrected chi connectivity index (χ0v) is 9.82. The topological polar surface area (TPSA) is 55.1 Å². The van der Waals surface area contributed by atoms with Crippen LogP contribution in [0.3, 0.4) is 0 Å². The number of carbonyl (C=O) groups is 1. The maximum Gasteiger partial charge on any atom is 0.223 e. The molecule has 4 atom stereocenters. The SMILES string of the molecule is NCCCCNC(=O)C1C2C3CCC(C3)C12. The van der Waals surface area contributed by atoms with Crippen LogP contribution in [0.1, 0.15) is 32.1 Å². The van der Waals surface area contributed by atoms with Crippen molar-refractivity contribution in [2.45, 2.75) is 32.1 Å². The van der Waals surface area contributed by atoms with E-state index in [-0.39, 0.29) is 0 Å². The van der Waals surface area contributed by atoms with Crippen molar-refractivity contribution in [2.75, 3.05) is 13.1 Å². The Kier molecular flexibility index (Phi) is 2.66. The molecule has 0 spiro atoms. The van der Waals surface area contributed by atoms with Gasteiger partial charge >= 0.3 is 0 Å². The average Bonchev–Trinajstić information content (AvgIpc) is 2.74. The van der Waals surface area contributed by atoms with E-state index in [9.17, 15) is 4.79 Å². The Bertz CT molecular complexity index is 276. The predicted molar refractivity (Wildman–Crippen MR) is 62.6 cm³/mol. The van der Waals surface area contributed by atoms with Gasteiger partial charge in [-0.1, -0.05) is 0 Å². The molecule has 3 aliphatic rings. The summed E-state index contributed by atoms with van der Waals surface area (Å²) in [5.41, 5.74) is 5.42. The van der Waals surface area contributed by atoms with E-state index in [1.54, 1.807) is 0 Å². The van der Waals surface area contributed by atoms with Crippen LogP contribution in [-0.4, -0.2) is 19.0 Å². The van der Waals surface area contributed by atoms with Gasteiger partial charge in [0.15, 0.2) is 0 Å². The maximum absolute atomic E-state index is 12.0. The van der Waals surface area contributed by atoms with E-state index in [4.69, 9.17) is 5.73 Å². The summed E-state index contributed by atoms with van der Waals surface area (Å²) in [7, 11) is 0. The van der Waals surface area contributed by atoms with Gasteiger partial charge in [-0.3, -0.25) is 4.79 Å². The van der Waals surface area contributed by atoms with Gasteiger partial charge in [0.1, 0.15) is 0 Å². The van der Waals surface area contributed by atoms with Gasteiger partial charge in [0.2, 0.25) is 5.91 Å². The van der Waals surface area contributed by atoms with Crippen molar-refractivity contribution in [1.29, 1.82) is 0 Å². The molecule has 16 heavy (non-hydrogen) atoms. The highest BCUT2D eigenvalue weighted by Crippen LogP contribution is 2.69. The van der Waals surface area contributed by atoms with E-state index in [0.717, 1.165) is 49.6 Å². The monoisotopic (exact) mass is 222 g/mol. The second-order valence-corrected chi connectivity index (χ2v) is 5.80. The highest BCUT2D eigenvalue weighted by molar-refractivity contribution is 5.82. The van der Waals surface area contributed by atoms with Crippen LogP contribution in [0, 0.1) is 29.6 Å². The molecule has 3 rings (SSSR count). The molecule has 3 saturated carbocycles. The fourth-order valence-corrected chi connectivity index (χ4v) is 4.27. The summed E-state index contributed by atoms with van der Waals surface area (Å²) in [5.74, 6) is 4.07. The third-order valence-corrected chi connectivity index (χ3v) is 4.97. The number of hydrogen-bond acceptors (Lipinski definition) is 2. The number of hydrogen-bond donors (Lipinski definition) is 2. The van der Waals surface area contributed by atoms with Gasteiger partial charge in [-0.2, -0.15) is 0 Å². The largest absolute Gasteiger partial charge is 0.356 e. The van der Waals surface area contributed by atoms with E-state index in [2.05, 4.69) is 5.32 Å². The normalized spacial score (nSPS) is 43.2. The third kappa shape index (κ3) is 1.56. The minimum absolute atomic E-state index is 0.337. The molecular weight excluding hydrogens is 200 g/mol. The molecule has 3 N–H and O–H groups in total. The van der Waals surface area contributed by atoms with Crippen LogP contribution in [0.5, 0.6) is 0 Å². The first-order chi connectivity index (χ1) is 7.83. The molecule has 0 radical (unpaired) electrons. The van der Waals surface area contributed by atoms with Crippen LogP contribution in [0.2, 0.25) is 0 Å². The molecular formula is C13H22N2O. The molecule has 3 heteroatoms. The zero-order valence-electron chi connectivity index (χ0n) is 9.82. The molecule has 3 fully saturated rings. The van der Waals surface area contributed by atoms with E-state index in [0.29, 0.717) is 11.8 Å². The Labute approximate surface area is 97.2 Å². The number of unbranched alkanes of at least 4 members (excludes halogenated alkanes) is 1. The highest BCUT2D eigenvalue weighted by Gasteiger charge is 2.67. The van der Waals surface area contributed by atoms with Gasteiger partial charge in [0.25, 0.3) is 0 Å². The van der Waals surface area contributed by atoms with Crippen molar-refractivity contribution >= 4 is 5.91 Å². The lowest BCUT2D eigenvalue weighted by Crippen LogP contribution is -2.28.